The quantitative estimate of drug-likeness (QED) is 0.470. The van der Waals surface area contributed by atoms with Gasteiger partial charge in [0.2, 0.25) is 0 Å². The van der Waals surface area contributed by atoms with Gasteiger partial charge in [0.1, 0.15) is 5.69 Å². The minimum atomic E-state index is -1.10. The van der Waals surface area contributed by atoms with E-state index in [2.05, 4.69) is 10.1 Å². The highest BCUT2D eigenvalue weighted by molar-refractivity contribution is 5.87. The Hall–Kier alpha value is -2.44. The Morgan fingerprint density at radius 1 is 1.53 bits per heavy atom. The number of carboxylic acid groups (broad SMARTS) is 1. The monoisotopic (exact) mass is 208 g/mol. The molecule has 1 rings (SSSR count). The number of hydrogen-bond acceptors (Lipinski definition) is 4. The molecule has 0 aromatic carbocycles. The Bertz CT molecular complexity index is 399. The number of hydrogen-bond donors (Lipinski definition) is 3. The number of carboxylic acids is 1. The zero-order valence-corrected chi connectivity index (χ0v) is 7.54. The predicted molar refractivity (Wildman–Crippen MR) is 51.5 cm³/mol. The predicted octanol–water partition coefficient (Wildman–Crippen LogP) is -0.218. The summed E-state index contributed by atoms with van der Waals surface area (Å²) in [6.07, 6.45) is 2.61. The maximum absolute atomic E-state index is 10.4. The van der Waals surface area contributed by atoms with Crippen LogP contribution in [-0.4, -0.2) is 28.3 Å². The van der Waals surface area contributed by atoms with E-state index in [0.29, 0.717) is 5.56 Å². The third-order valence-electron chi connectivity index (χ3n) is 1.39. The van der Waals surface area contributed by atoms with Gasteiger partial charge in [0.15, 0.2) is 0 Å². The van der Waals surface area contributed by atoms with Crippen LogP contribution in [0.2, 0.25) is 0 Å². The van der Waals surface area contributed by atoms with Gasteiger partial charge in [-0.3, -0.25) is 0 Å². The summed E-state index contributed by atoms with van der Waals surface area (Å²) >= 11 is 0. The number of nitrogens with one attached hydrogen (secondary N) is 1. The lowest BCUT2D eigenvalue weighted by molar-refractivity contribution is 0.0690. The zero-order valence-electron chi connectivity index (χ0n) is 7.54. The summed E-state index contributed by atoms with van der Waals surface area (Å²) in [6.45, 7) is 0. The highest BCUT2D eigenvalue weighted by atomic mass is 16.4. The van der Waals surface area contributed by atoms with E-state index in [1.165, 1.54) is 24.5 Å². The summed E-state index contributed by atoms with van der Waals surface area (Å²) < 4.78 is 0. The van der Waals surface area contributed by atoms with E-state index < -0.39 is 12.0 Å². The average Bonchev–Trinajstić information content (AvgIpc) is 2.18. The fourth-order valence-electron chi connectivity index (χ4n) is 0.779. The van der Waals surface area contributed by atoms with Gasteiger partial charge in [0, 0.05) is 11.8 Å². The van der Waals surface area contributed by atoms with Crippen LogP contribution in [0.4, 0.5) is 4.79 Å². The molecule has 0 aliphatic carbocycles. The van der Waals surface area contributed by atoms with Crippen molar-refractivity contribution < 1.29 is 14.7 Å². The van der Waals surface area contributed by atoms with E-state index in [4.69, 9.17) is 10.8 Å². The Kier molecular flexibility index (Phi) is 3.33. The lowest BCUT2D eigenvalue weighted by atomic mass is 10.3. The molecule has 0 radical (unpaired) electrons. The van der Waals surface area contributed by atoms with E-state index in [-0.39, 0.29) is 5.69 Å². The minimum Gasteiger partial charge on any atom is -0.477 e. The van der Waals surface area contributed by atoms with Crippen LogP contribution >= 0.6 is 0 Å². The van der Waals surface area contributed by atoms with Crippen LogP contribution in [0.25, 0.3) is 0 Å². The number of carbonyl (C=O) groups is 2. The number of carbonyl (C=O) groups excluding carboxylic acids is 1. The first-order valence-electron chi connectivity index (χ1n) is 3.87. The van der Waals surface area contributed by atoms with Crippen LogP contribution < -0.4 is 11.2 Å². The van der Waals surface area contributed by atoms with Crippen LogP contribution in [0.3, 0.4) is 0 Å². The normalized spacial score (nSPS) is 10.1. The molecule has 0 fully saturated rings. The number of nitrogens with zero attached hydrogens (tertiary/aromatic N) is 2. The van der Waals surface area contributed by atoms with Gasteiger partial charge in [-0.15, -0.1) is 0 Å². The van der Waals surface area contributed by atoms with Crippen LogP contribution in [0.15, 0.2) is 23.4 Å². The van der Waals surface area contributed by atoms with Crippen LogP contribution in [0.5, 0.6) is 0 Å². The number of primary amides is 1. The van der Waals surface area contributed by atoms with E-state index in [1.54, 1.807) is 0 Å². The van der Waals surface area contributed by atoms with Gasteiger partial charge >= 0.3 is 12.0 Å². The number of nitrogens with two attached hydrogens (primary N) is 1. The van der Waals surface area contributed by atoms with Gasteiger partial charge in [-0.25, -0.2) is 20.0 Å². The van der Waals surface area contributed by atoms with Crippen molar-refractivity contribution >= 4 is 18.2 Å². The number of aromatic carboxylic acids is 1. The molecule has 7 heteroatoms. The molecule has 78 valence electrons. The third-order valence-corrected chi connectivity index (χ3v) is 1.39. The van der Waals surface area contributed by atoms with Crippen molar-refractivity contribution in [3.63, 3.8) is 0 Å². The zero-order chi connectivity index (χ0) is 11.3. The number of aromatic nitrogens is 1. The highest BCUT2D eigenvalue weighted by Gasteiger charge is 2.01. The summed E-state index contributed by atoms with van der Waals surface area (Å²) in [5.74, 6) is -1.10. The summed E-state index contributed by atoms with van der Waals surface area (Å²) in [5, 5.41) is 12.0. The first-order chi connectivity index (χ1) is 7.09. The van der Waals surface area contributed by atoms with Crippen molar-refractivity contribution in [1.29, 1.82) is 0 Å². The molecule has 4 N–H and O–H groups in total. The second kappa shape index (κ2) is 4.70. The van der Waals surface area contributed by atoms with Gasteiger partial charge < -0.3 is 10.8 Å². The Morgan fingerprint density at radius 3 is 2.73 bits per heavy atom. The molecule has 0 saturated carbocycles. The molecule has 0 unspecified atom stereocenters. The van der Waals surface area contributed by atoms with E-state index in [9.17, 15) is 9.59 Å². The van der Waals surface area contributed by atoms with Crippen molar-refractivity contribution in [1.82, 2.24) is 10.4 Å². The Balaban J connectivity index is 2.68. The molecule has 0 bridgehead atoms. The molecule has 1 heterocycles. The summed E-state index contributed by atoms with van der Waals surface area (Å²) in [6, 6.07) is 2.05. The molecule has 0 atom stereocenters. The standard InChI is InChI=1S/C8H8N4O3/c9-8(15)12-11-4-5-1-2-6(7(13)14)10-3-5/h1-4H,(H,13,14)(H3,9,12,15). The Morgan fingerprint density at radius 2 is 2.27 bits per heavy atom. The van der Waals surface area contributed by atoms with Gasteiger partial charge in [0.25, 0.3) is 0 Å². The summed E-state index contributed by atoms with van der Waals surface area (Å²) in [7, 11) is 0. The van der Waals surface area contributed by atoms with Crippen LogP contribution in [-0.2, 0) is 0 Å². The minimum absolute atomic E-state index is 0.0602. The number of rotatable bonds is 3. The molecule has 7 nitrogen and oxygen atoms in total. The largest absolute Gasteiger partial charge is 0.477 e. The topological polar surface area (TPSA) is 118 Å². The van der Waals surface area contributed by atoms with Crippen molar-refractivity contribution in [2.24, 2.45) is 10.8 Å². The lowest BCUT2D eigenvalue weighted by Gasteiger charge is -1.94. The summed E-state index contributed by atoms with van der Waals surface area (Å²) in [5.41, 5.74) is 7.25. The summed E-state index contributed by atoms with van der Waals surface area (Å²) in [4.78, 5) is 24.3. The molecule has 2 amide bonds. The second-order valence-corrected chi connectivity index (χ2v) is 2.52. The third kappa shape index (κ3) is 3.43. The molecule has 0 spiro atoms. The molecular weight excluding hydrogens is 200 g/mol. The molecule has 0 aliphatic heterocycles. The van der Waals surface area contributed by atoms with Crippen molar-refractivity contribution in [3.8, 4) is 0 Å². The maximum atomic E-state index is 10.4. The fraction of sp³-hybridized carbons (Fsp3) is 0. The molecular formula is C8H8N4O3. The maximum Gasteiger partial charge on any atom is 0.354 e. The SMILES string of the molecule is NC(=O)NN=Cc1ccc(C(=O)O)nc1. The smallest absolute Gasteiger partial charge is 0.354 e. The molecule has 0 saturated heterocycles. The van der Waals surface area contributed by atoms with Crippen molar-refractivity contribution in [2.75, 3.05) is 0 Å². The van der Waals surface area contributed by atoms with E-state index in [0.717, 1.165) is 0 Å². The van der Waals surface area contributed by atoms with Gasteiger partial charge in [-0.05, 0) is 12.1 Å². The Labute approximate surface area is 84.6 Å². The second-order valence-electron chi connectivity index (χ2n) is 2.52. The number of pyridine rings is 1. The molecule has 0 aliphatic rings. The van der Waals surface area contributed by atoms with Gasteiger partial charge in [0.05, 0.1) is 6.21 Å². The highest BCUT2D eigenvalue weighted by Crippen LogP contribution is 1.97. The molecule has 1 aromatic rings. The fourth-order valence-corrected chi connectivity index (χ4v) is 0.779. The van der Waals surface area contributed by atoms with Gasteiger partial charge in [-0.1, -0.05) is 0 Å². The number of amides is 2. The first-order valence-corrected chi connectivity index (χ1v) is 3.87. The molecule has 15 heavy (non-hydrogen) atoms. The van der Waals surface area contributed by atoms with Crippen LogP contribution in [0.1, 0.15) is 16.1 Å². The molecule has 1 aromatic heterocycles. The van der Waals surface area contributed by atoms with E-state index >= 15 is 0 Å². The first kappa shape index (κ1) is 10.6. The van der Waals surface area contributed by atoms with E-state index in [1.807, 2.05) is 5.43 Å². The van der Waals surface area contributed by atoms with Crippen LogP contribution in [0, 0.1) is 0 Å². The number of urea groups is 1. The average molecular weight is 208 g/mol. The number of hydrazone groups is 1. The lowest BCUT2D eigenvalue weighted by Crippen LogP contribution is -2.24. The van der Waals surface area contributed by atoms with Crippen molar-refractivity contribution in [3.05, 3.63) is 29.6 Å². The van der Waals surface area contributed by atoms with Gasteiger partial charge in [-0.2, -0.15) is 5.10 Å². The van der Waals surface area contributed by atoms with Crippen molar-refractivity contribution in [2.45, 2.75) is 0 Å².